The van der Waals surface area contributed by atoms with E-state index in [0.29, 0.717) is 24.5 Å². The maximum Gasteiger partial charge on any atom is 0.251 e. The second-order valence-corrected chi connectivity index (χ2v) is 3.14. The molecule has 0 amide bonds. The zero-order valence-electron chi connectivity index (χ0n) is 8.06. The van der Waals surface area contributed by atoms with Crippen LogP contribution < -0.4 is 11.3 Å². The maximum absolute atomic E-state index is 11.3. The van der Waals surface area contributed by atoms with E-state index in [-0.39, 0.29) is 5.56 Å². The Hall–Kier alpha value is -1.88. The van der Waals surface area contributed by atoms with E-state index in [1.165, 1.54) is 18.6 Å². The minimum atomic E-state index is -0.176. The number of hydrogen-bond donors (Lipinski definition) is 2. The monoisotopic (exact) mass is 205 g/mol. The van der Waals surface area contributed by atoms with Gasteiger partial charge < -0.3 is 15.1 Å². The quantitative estimate of drug-likeness (QED) is 0.765. The lowest BCUT2D eigenvalue weighted by Crippen LogP contribution is -2.13. The van der Waals surface area contributed by atoms with Crippen LogP contribution in [0.3, 0.4) is 0 Å². The number of furan rings is 1. The molecule has 0 aliphatic heterocycles. The SMILES string of the molecule is NCCc1cc(=O)[nH]c(-c2ccoc2)n1. The van der Waals surface area contributed by atoms with Gasteiger partial charge in [-0.25, -0.2) is 4.98 Å². The van der Waals surface area contributed by atoms with Gasteiger partial charge >= 0.3 is 0 Å². The highest BCUT2D eigenvalue weighted by atomic mass is 16.3. The summed E-state index contributed by atoms with van der Waals surface area (Å²) in [7, 11) is 0. The smallest absolute Gasteiger partial charge is 0.251 e. The molecule has 0 aromatic carbocycles. The summed E-state index contributed by atoms with van der Waals surface area (Å²) in [4.78, 5) is 18.2. The molecule has 15 heavy (non-hydrogen) atoms. The van der Waals surface area contributed by atoms with E-state index >= 15 is 0 Å². The summed E-state index contributed by atoms with van der Waals surface area (Å²) in [6.07, 6.45) is 3.66. The zero-order valence-corrected chi connectivity index (χ0v) is 8.06. The van der Waals surface area contributed by atoms with E-state index in [4.69, 9.17) is 10.2 Å². The van der Waals surface area contributed by atoms with E-state index in [2.05, 4.69) is 9.97 Å². The first kappa shape index (κ1) is 9.67. The van der Waals surface area contributed by atoms with Crippen molar-refractivity contribution in [2.75, 3.05) is 6.54 Å². The van der Waals surface area contributed by atoms with Crippen molar-refractivity contribution in [2.24, 2.45) is 5.73 Å². The highest BCUT2D eigenvalue weighted by Gasteiger charge is 2.04. The van der Waals surface area contributed by atoms with Crippen molar-refractivity contribution < 1.29 is 4.42 Å². The third kappa shape index (κ3) is 2.13. The minimum absolute atomic E-state index is 0.176. The molecule has 2 heterocycles. The van der Waals surface area contributed by atoms with Crippen LogP contribution in [0.5, 0.6) is 0 Å². The molecule has 0 aliphatic carbocycles. The van der Waals surface area contributed by atoms with Gasteiger partial charge in [-0.1, -0.05) is 0 Å². The Morgan fingerprint density at radius 3 is 3.07 bits per heavy atom. The molecular weight excluding hydrogens is 194 g/mol. The normalized spacial score (nSPS) is 10.5. The Bertz CT molecular complexity index is 488. The Balaban J connectivity index is 2.44. The predicted molar refractivity (Wildman–Crippen MR) is 55.3 cm³/mol. The summed E-state index contributed by atoms with van der Waals surface area (Å²) in [5, 5.41) is 0. The number of rotatable bonds is 3. The maximum atomic E-state index is 11.3. The van der Waals surface area contributed by atoms with E-state index in [1.807, 2.05) is 0 Å². The minimum Gasteiger partial charge on any atom is -0.472 e. The topological polar surface area (TPSA) is 84.9 Å². The first-order valence-electron chi connectivity index (χ1n) is 4.62. The Morgan fingerprint density at radius 1 is 1.53 bits per heavy atom. The fraction of sp³-hybridized carbons (Fsp3) is 0.200. The standard InChI is InChI=1S/C10H11N3O2/c11-3-1-8-5-9(14)13-10(12-8)7-2-4-15-6-7/h2,4-6H,1,3,11H2,(H,12,13,14). The van der Waals surface area contributed by atoms with Crippen molar-refractivity contribution in [3.05, 3.63) is 40.7 Å². The molecule has 0 spiro atoms. The van der Waals surface area contributed by atoms with Gasteiger partial charge in [0.05, 0.1) is 11.8 Å². The van der Waals surface area contributed by atoms with Crippen LogP contribution in [0.25, 0.3) is 11.4 Å². The van der Waals surface area contributed by atoms with Crippen LogP contribution >= 0.6 is 0 Å². The molecule has 5 heteroatoms. The van der Waals surface area contributed by atoms with Crippen LogP contribution in [0, 0.1) is 0 Å². The largest absolute Gasteiger partial charge is 0.472 e. The van der Waals surface area contributed by atoms with Crippen molar-refractivity contribution in [3.63, 3.8) is 0 Å². The molecule has 5 nitrogen and oxygen atoms in total. The molecule has 0 fully saturated rings. The van der Waals surface area contributed by atoms with Gasteiger partial charge in [-0.2, -0.15) is 0 Å². The molecule has 2 aromatic heterocycles. The van der Waals surface area contributed by atoms with Crippen LogP contribution in [0.2, 0.25) is 0 Å². The van der Waals surface area contributed by atoms with Gasteiger partial charge in [0.1, 0.15) is 12.1 Å². The number of nitrogens with zero attached hydrogens (tertiary/aromatic N) is 1. The molecule has 0 saturated heterocycles. The summed E-state index contributed by atoms with van der Waals surface area (Å²) in [5.74, 6) is 0.514. The Kier molecular flexibility index (Phi) is 2.64. The third-order valence-corrected chi connectivity index (χ3v) is 1.99. The lowest BCUT2D eigenvalue weighted by Gasteiger charge is -2.00. The van der Waals surface area contributed by atoms with Gasteiger partial charge in [0.15, 0.2) is 0 Å². The Labute approximate surface area is 86.0 Å². The van der Waals surface area contributed by atoms with Gasteiger partial charge in [0.25, 0.3) is 5.56 Å². The number of hydrogen-bond acceptors (Lipinski definition) is 4. The number of aromatic amines is 1. The zero-order chi connectivity index (χ0) is 10.7. The second kappa shape index (κ2) is 4.10. The first-order valence-corrected chi connectivity index (χ1v) is 4.62. The van der Waals surface area contributed by atoms with Crippen LogP contribution in [-0.4, -0.2) is 16.5 Å². The first-order chi connectivity index (χ1) is 7.29. The Morgan fingerprint density at radius 2 is 2.40 bits per heavy atom. The van der Waals surface area contributed by atoms with Gasteiger partial charge in [-0.3, -0.25) is 4.79 Å². The summed E-state index contributed by atoms with van der Waals surface area (Å²) in [5.41, 5.74) is 6.68. The predicted octanol–water partition coefficient (Wildman–Crippen LogP) is 0.531. The fourth-order valence-electron chi connectivity index (χ4n) is 1.32. The van der Waals surface area contributed by atoms with E-state index < -0.39 is 0 Å². The number of nitrogens with two attached hydrogens (primary N) is 1. The van der Waals surface area contributed by atoms with Gasteiger partial charge in [-0.15, -0.1) is 0 Å². The molecule has 0 aliphatic rings. The van der Waals surface area contributed by atoms with Crippen LogP contribution in [-0.2, 0) is 6.42 Å². The molecule has 0 bridgehead atoms. The van der Waals surface area contributed by atoms with Crippen LogP contribution in [0.4, 0.5) is 0 Å². The lowest BCUT2D eigenvalue weighted by molar-refractivity contribution is 0.568. The average Bonchev–Trinajstić information content (AvgIpc) is 2.70. The molecule has 0 unspecified atom stereocenters. The van der Waals surface area contributed by atoms with Crippen molar-refractivity contribution in [1.82, 2.24) is 9.97 Å². The molecule has 2 aromatic rings. The van der Waals surface area contributed by atoms with E-state index in [0.717, 1.165) is 5.56 Å². The van der Waals surface area contributed by atoms with Gasteiger partial charge in [0, 0.05) is 18.2 Å². The van der Waals surface area contributed by atoms with Crippen molar-refractivity contribution in [2.45, 2.75) is 6.42 Å². The van der Waals surface area contributed by atoms with Crippen molar-refractivity contribution in [3.8, 4) is 11.4 Å². The summed E-state index contributed by atoms with van der Waals surface area (Å²) < 4.78 is 4.92. The second-order valence-electron chi connectivity index (χ2n) is 3.14. The average molecular weight is 205 g/mol. The molecule has 2 rings (SSSR count). The fourth-order valence-corrected chi connectivity index (χ4v) is 1.32. The molecule has 0 saturated carbocycles. The van der Waals surface area contributed by atoms with E-state index in [9.17, 15) is 4.79 Å². The van der Waals surface area contributed by atoms with Gasteiger partial charge in [-0.05, 0) is 12.6 Å². The van der Waals surface area contributed by atoms with Crippen molar-refractivity contribution in [1.29, 1.82) is 0 Å². The molecule has 3 N–H and O–H groups in total. The molecular formula is C10H11N3O2. The third-order valence-electron chi connectivity index (χ3n) is 1.99. The summed E-state index contributed by atoms with van der Waals surface area (Å²) >= 11 is 0. The highest BCUT2D eigenvalue weighted by Crippen LogP contribution is 2.13. The summed E-state index contributed by atoms with van der Waals surface area (Å²) in [6.45, 7) is 0.473. The summed E-state index contributed by atoms with van der Waals surface area (Å²) in [6, 6.07) is 3.20. The van der Waals surface area contributed by atoms with Crippen molar-refractivity contribution >= 4 is 0 Å². The number of H-pyrrole nitrogens is 1. The van der Waals surface area contributed by atoms with Crippen LogP contribution in [0.15, 0.2) is 33.9 Å². The van der Waals surface area contributed by atoms with E-state index in [1.54, 1.807) is 6.07 Å². The molecule has 78 valence electrons. The highest BCUT2D eigenvalue weighted by molar-refractivity contribution is 5.52. The van der Waals surface area contributed by atoms with Gasteiger partial charge in [0.2, 0.25) is 0 Å². The lowest BCUT2D eigenvalue weighted by atomic mass is 10.2. The van der Waals surface area contributed by atoms with Crippen LogP contribution in [0.1, 0.15) is 5.69 Å². The molecule has 0 radical (unpaired) electrons. The molecule has 0 atom stereocenters. The number of nitrogens with one attached hydrogen (secondary N) is 1. The number of aromatic nitrogens is 2.